The maximum Gasteiger partial charge on any atom is 0.121 e. The van der Waals surface area contributed by atoms with Crippen LogP contribution in [0.5, 0.6) is 0 Å². The minimum Gasteiger partial charge on any atom is -0.392 e. The van der Waals surface area contributed by atoms with Crippen LogP contribution in [0.2, 0.25) is 0 Å². The largest absolute Gasteiger partial charge is 0.392 e. The van der Waals surface area contributed by atoms with Crippen LogP contribution in [0.4, 0.5) is 0 Å². The van der Waals surface area contributed by atoms with Crippen LogP contribution < -0.4 is 0 Å². The number of hydrogen-bond donors (Lipinski definition) is 1. The molecule has 0 spiro atoms. The lowest BCUT2D eigenvalue weighted by atomic mass is 10.2. The minimum absolute atomic E-state index is 0.216. The molecule has 1 saturated heterocycles. The second-order valence-corrected chi connectivity index (χ2v) is 4.26. The molecule has 1 fully saturated rings. The van der Waals surface area contributed by atoms with Crippen LogP contribution in [0.15, 0.2) is 0 Å². The number of likely N-dealkylation sites (tertiary alicyclic amines) is 1. The summed E-state index contributed by atoms with van der Waals surface area (Å²) in [5.74, 6) is 0. The highest BCUT2D eigenvalue weighted by atomic mass is 16.3. The molecule has 82 valence electrons. The van der Waals surface area contributed by atoms with Gasteiger partial charge in [0.15, 0.2) is 0 Å². The molecule has 0 aliphatic carbocycles. The summed E-state index contributed by atoms with van der Waals surface area (Å²) in [7, 11) is 4.06. The highest BCUT2D eigenvalue weighted by molar-refractivity contribution is 5.49. The fourth-order valence-electron chi connectivity index (χ4n) is 2.06. The Hall–Kier alpha value is -0.450. The van der Waals surface area contributed by atoms with Gasteiger partial charge in [0.1, 0.15) is 6.29 Å². The van der Waals surface area contributed by atoms with Crippen molar-refractivity contribution < 1.29 is 9.90 Å². The third-order valence-electron chi connectivity index (χ3n) is 2.62. The number of carbonyl (C=O) groups excluding carboxylic acids is 1. The molecule has 0 aromatic rings. The Morgan fingerprint density at radius 2 is 2.29 bits per heavy atom. The number of likely N-dealkylation sites (N-methyl/N-ethyl adjacent to an activating group) is 1. The molecule has 1 heterocycles. The Bertz CT molecular complexity index is 185. The quantitative estimate of drug-likeness (QED) is 0.612. The number of carbonyl (C=O) groups is 1. The standard InChI is InChI=1S/C10H20N2O2/c1-11(2)7-9-6-10(14)8-12(9)4-3-5-13/h5,9-10,14H,3-4,6-8H2,1-2H3. The predicted octanol–water partition coefficient (Wildman–Crippen LogP) is -0.428. The maximum atomic E-state index is 10.3. The van der Waals surface area contributed by atoms with Crippen molar-refractivity contribution in [2.24, 2.45) is 0 Å². The number of β-amino-alcohol motifs (C(OH)–C–C–N with tert-alkyl or cyclic N) is 1. The van der Waals surface area contributed by atoms with Crippen molar-refractivity contribution >= 4 is 6.29 Å². The molecule has 0 bridgehead atoms. The van der Waals surface area contributed by atoms with Crippen LogP contribution in [-0.4, -0.2) is 67.1 Å². The van der Waals surface area contributed by atoms with E-state index in [-0.39, 0.29) is 6.10 Å². The normalized spacial score (nSPS) is 28.6. The second kappa shape index (κ2) is 5.44. The maximum absolute atomic E-state index is 10.3. The number of hydrogen-bond acceptors (Lipinski definition) is 4. The summed E-state index contributed by atoms with van der Waals surface area (Å²) in [5, 5.41) is 9.53. The molecule has 0 saturated carbocycles. The number of aliphatic hydroxyl groups is 1. The summed E-state index contributed by atoms with van der Waals surface area (Å²) in [4.78, 5) is 14.6. The number of rotatable bonds is 5. The Kier molecular flexibility index (Phi) is 4.51. The summed E-state index contributed by atoms with van der Waals surface area (Å²) in [6.07, 6.45) is 2.12. The zero-order valence-electron chi connectivity index (χ0n) is 9.02. The van der Waals surface area contributed by atoms with E-state index in [1.165, 1.54) is 0 Å². The van der Waals surface area contributed by atoms with Gasteiger partial charge in [0.2, 0.25) is 0 Å². The summed E-state index contributed by atoms with van der Waals surface area (Å²) in [6, 6.07) is 0.403. The van der Waals surface area contributed by atoms with Gasteiger partial charge in [-0.2, -0.15) is 0 Å². The lowest BCUT2D eigenvalue weighted by Crippen LogP contribution is -2.38. The van der Waals surface area contributed by atoms with Gasteiger partial charge in [-0.05, 0) is 20.5 Å². The molecule has 2 unspecified atom stereocenters. The molecule has 2 atom stereocenters. The van der Waals surface area contributed by atoms with Crippen molar-refractivity contribution in [1.29, 1.82) is 0 Å². The van der Waals surface area contributed by atoms with Gasteiger partial charge in [-0.3, -0.25) is 4.90 Å². The van der Waals surface area contributed by atoms with Crippen molar-refractivity contribution in [3.8, 4) is 0 Å². The molecule has 1 aliphatic rings. The molecule has 1 N–H and O–H groups in total. The lowest BCUT2D eigenvalue weighted by Gasteiger charge is -2.25. The van der Waals surface area contributed by atoms with E-state index in [2.05, 4.69) is 9.80 Å². The third kappa shape index (κ3) is 3.36. The van der Waals surface area contributed by atoms with Crippen molar-refractivity contribution in [2.45, 2.75) is 25.0 Å². The van der Waals surface area contributed by atoms with E-state index in [1.807, 2.05) is 14.1 Å². The van der Waals surface area contributed by atoms with Crippen LogP contribution in [0.3, 0.4) is 0 Å². The highest BCUT2D eigenvalue weighted by Crippen LogP contribution is 2.18. The molecule has 0 aromatic carbocycles. The van der Waals surface area contributed by atoms with Gasteiger partial charge in [0, 0.05) is 32.1 Å². The molecule has 4 nitrogen and oxygen atoms in total. The van der Waals surface area contributed by atoms with E-state index in [1.54, 1.807) is 0 Å². The average molecular weight is 200 g/mol. The van der Waals surface area contributed by atoms with Crippen LogP contribution in [0.1, 0.15) is 12.8 Å². The molecular weight excluding hydrogens is 180 g/mol. The molecule has 0 amide bonds. The molecule has 4 heteroatoms. The van der Waals surface area contributed by atoms with E-state index >= 15 is 0 Å². The summed E-state index contributed by atoms with van der Waals surface area (Å²) in [6.45, 7) is 2.45. The Morgan fingerprint density at radius 1 is 1.57 bits per heavy atom. The van der Waals surface area contributed by atoms with Gasteiger partial charge in [-0.25, -0.2) is 0 Å². The minimum atomic E-state index is -0.216. The topological polar surface area (TPSA) is 43.8 Å². The van der Waals surface area contributed by atoms with Crippen molar-refractivity contribution in [1.82, 2.24) is 9.80 Å². The Morgan fingerprint density at radius 3 is 2.86 bits per heavy atom. The third-order valence-corrected chi connectivity index (χ3v) is 2.62. The Labute approximate surface area is 85.5 Å². The van der Waals surface area contributed by atoms with Crippen molar-refractivity contribution in [2.75, 3.05) is 33.7 Å². The summed E-state index contributed by atoms with van der Waals surface area (Å²) in [5.41, 5.74) is 0. The van der Waals surface area contributed by atoms with Crippen LogP contribution in [0, 0.1) is 0 Å². The fourth-order valence-corrected chi connectivity index (χ4v) is 2.06. The van der Waals surface area contributed by atoms with Gasteiger partial charge < -0.3 is 14.8 Å². The van der Waals surface area contributed by atoms with E-state index in [9.17, 15) is 9.90 Å². The first-order chi connectivity index (χ1) is 6.63. The van der Waals surface area contributed by atoms with Crippen molar-refractivity contribution in [3.05, 3.63) is 0 Å². The van der Waals surface area contributed by atoms with Crippen LogP contribution in [0.25, 0.3) is 0 Å². The number of nitrogens with zero attached hydrogens (tertiary/aromatic N) is 2. The zero-order chi connectivity index (χ0) is 10.6. The van der Waals surface area contributed by atoms with Crippen molar-refractivity contribution in [3.63, 3.8) is 0 Å². The van der Waals surface area contributed by atoms with Gasteiger partial charge in [-0.1, -0.05) is 0 Å². The number of aliphatic hydroxyl groups excluding tert-OH is 1. The molecular formula is C10H20N2O2. The monoisotopic (exact) mass is 200 g/mol. The number of aldehydes is 1. The molecule has 14 heavy (non-hydrogen) atoms. The van der Waals surface area contributed by atoms with E-state index in [4.69, 9.17) is 0 Å². The second-order valence-electron chi connectivity index (χ2n) is 4.26. The Balaban J connectivity index is 2.40. The first-order valence-corrected chi connectivity index (χ1v) is 5.14. The van der Waals surface area contributed by atoms with Crippen LogP contribution >= 0.6 is 0 Å². The molecule has 1 aliphatic heterocycles. The summed E-state index contributed by atoms with van der Waals surface area (Å²) >= 11 is 0. The smallest absolute Gasteiger partial charge is 0.121 e. The molecule has 0 radical (unpaired) electrons. The van der Waals surface area contributed by atoms with Crippen LogP contribution in [-0.2, 0) is 4.79 Å². The first kappa shape index (κ1) is 11.6. The first-order valence-electron chi connectivity index (χ1n) is 5.14. The van der Waals surface area contributed by atoms with Gasteiger partial charge in [-0.15, -0.1) is 0 Å². The van der Waals surface area contributed by atoms with E-state index in [0.717, 1.165) is 25.8 Å². The van der Waals surface area contributed by atoms with E-state index < -0.39 is 0 Å². The van der Waals surface area contributed by atoms with Gasteiger partial charge in [0.05, 0.1) is 6.10 Å². The van der Waals surface area contributed by atoms with Gasteiger partial charge >= 0.3 is 0 Å². The lowest BCUT2D eigenvalue weighted by molar-refractivity contribution is -0.108. The zero-order valence-corrected chi connectivity index (χ0v) is 9.02. The summed E-state index contributed by atoms with van der Waals surface area (Å²) < 4.78 is 0. The van der Waals surface area contributed by atoms with E-state index in [0.29, 0.717) is 19.0 Å². The average Bonchev–Trinajstić information content (AvgIpc) is 2.41. The van der Waals surface area contributed by atoms with Gasteiger partial charge in [0.25, 0.3) is 0 Å². The predicted molar refractivity (Wildman–Crippen MR) is 55.2 cm³/mol. The molecule has 1 rings (SSSR count). The highest BCUT2D eigenvalue weighted by Gasteiger charge is 2.30. The molecule has 0 aromatic heterocycles. The fraction of sp³-hybridized carbons (Fsp3) is 0.900. The SMILES string of the molecule is CN(C)CC1CC(O)CN1CCC=O.